The Morgan fingerprint density at radius 3 is 2.35 bits per heavy atom. The number of sulfonamides is 1. The van der Waals surface area contributed by atoms with Gasteiger partial charge < -0.3 is 4.90 Å². The fraction of sp³-hybridized carbons (Fsp3) is 0.409. The summed E-state index contributed by atoms with van der Waals surface area (Å²) in [6.45, 7) is 2.17. The first-order valence-corrected chi connectivity index (χ1v) is 12.3. The van der Waals surface area contributed by atoms with Crippen LogP contribution in [0.2, 0.25) is 5.02 Å². The molecule has 0 aliphatic carbocycles. The Hall–Kier alpha value is -2.00. The van der Waals surface area contributed by atoms with Crippen LogP contribution in [-0.4, -0.2) is 45.4 Å². The maximum Gasteiger partial charge on any atom is 0.240 e. The molecule has 2 saturated heterocycles. The van der Waals surface area contributed by atoms with Gasteiger partial charge in [-0.2, -0.15) is 0 Å². The van der Waals surface area contributed by atoms with Gasteiger partial charge in [-0.05, 0) is 68.8 Å². The Bertz CT molecular complexity index is 1040. The maximum atomic E-state index is 14.6. The smallest absolute Gasteiger partial charge is 0.240 e. The zero-order valence-electron chi connectivity index (χ0n) is 17.1. The molecule has 2 fully saturated rings. The van der Waals surface area contributed by atoms with Crippen molar-refractivity contribution in [3.8, 4) is 0 Å². The van der Waals surface area contributed by atoms with Crippen LogP contribution in [0.3, 0.4) is 0 Å². The van der Waals surface area contributed by atoms with Crippen LogP contribution in [0.15, 0.2) is 47.4 Å². The van der Waals surface area contributed by atoms with Crippen LogP contribution in [0.25, 0.3) is 0 Å². The number of rotatable bonds is 7. The molecule has 1 N–H and O–H groups in total. The first-order chi connectivity index (χ1) is 14.9. The standard InChI is InChI=1S/C22H25ClFN3O3S/c23-18-5-3-6-19(24)22(18)20(26-12-1-2-13-26)15-25-31(29,30)17-10-8-16(9-11-17)27-14-4-7-21(27)28/h3,5-6,8-11,20,25H,1-2,4,7,12-15H2. The number of nitrogens with zero attached hydrogens (tertiary/aromatic N) is 2. The lowest BCUT2D eigenvalue weighted by molar-refractivity contribution is -0.117. The molecule has 0 bridgehead atoms. The number of nitrogens with one attached hydrogen (secondary N) is 1. The molecule has 4 rings (SSSR count). The largest absolute Gasteiger partial charge is 0.312 e. The van der Waals surface area contributed by atoms with Crippen molar-refractivity contribution in [3.05, 3.63) is 58.9 Å². The molecular weight excluding hydrogens is 441 g/mol. The van der Waals surface area contributed by atoms with E-state index in [1.165, 1.54) is 18.2 Å². The van der Waals surface area contributed by atoms with E-state index < -0.39 is 21.9 Å². The molecular formula is C22H25ClFN3O3S. The first-order valence-electron chi connectivity index (χ1n) is 10.4. The molecule has 0 aromatic heterocycles. The summed E-state index contributed by atoms with van der Waals surface area (Å²) in [6, 6.07) is 10.3. The van der Waals surface area contributed by atoms with Crippen molar-refractivity contribution in [1.29, 1.82) is 0 Å². The topological polar surface area (TPSA) is 69.7 Å². The minimum absolute atomic E-state index is 0.00927. The summed E-state index contributed by atoms with van der Waals surface area (Å²) in [6.07, 6.45) is 3.27. The molecule has 2 aliphatic heterocycles. The monoisotopic (exact) mass is 465 g/mol. The van der Waals surface area contributed by atoms with Crippen molar-refractivity contribution in [1.82, 2.24) is 9.62 Å². The summed E-state index contributed by atoms with van der Waals surface area (Å²) in [5.74, 6) is -0.396. The van der Waals surface area contributed by atoms with Crippen molar-refractivity contribution < 1.29 is 17.6 Å². The Morgan fingerprint density at radius 2 is 1.74 bits per heavy atom. The van der Waals surface area contributed by atoms with E-state index in [2.05, 4.69) is 9.62 Å². The van der Waals surface area contributed by atoms with E-state index in [1.54, 1.807) is 29.2 Å². The van der Waals surface area contributed by atoms with Crippen LogP contribution < -0.4 is 9.62 Å². The van der Waals surface area contributed by atoms with Crippen molar-refractivity contribution >= 4 is 33.2 Å². The third kappa shape index (κ3) is 4.77. The van der Waals surface area contributed by atoms with Crippen molar-refractivity contribution in [2.75, 3.05) is 31.1 Å². The van der Waals surface area contributed by atoms with Crippen molar-refractivity contribution in [2.24, 2.45) is 0 Å². The molecule has 166 valence electrons. The van der Waals surface area contributed by atoms with Gasteiger partial charge in [-0.25, -0.2) is 17.5 Å². The van der Waals surface area contributed by atoms with Gasteiger partial charge in [0.25, 0.3) is 0 Å². The Morgan fingerprint density at radius 1 is 1.03 bits per heavy atom. The quantitative estimate of drug-likeness (QED) is 0.676. The number of hydrogen-bond donors (Lipinski definition) is 1. The van der Waals surface area contributed by atoms with Crippen LogP contribution in [0.5, 0.6) is 0 Å². The van der Waals surface area contributed by atoms with Crippen LogP contribution in [0, 0.1) is 5.82 Å². The van der Waals surface area contributed by atoms with Gasteiger partial charge in [0.1, 0.15) is 5.82 Å². The van der Waals surface area contributed by atoms with Gasteiger partial charge in [0.05, 0.1) is 10.9 Å². The third-order valence-corrected chi connectivity index (χ3v) is 7.68. The highest BCUT2D eigenvalue weighted by Crippen LogP contribution is 2.32. The molecule has 2 aromatic carbocycles. The normalized spacial score (nSPS) is 18.6. The second-order valence-corrected chi connectivity index (χ2v) is 10.1. The zero-order valence-corrected chi connectivity index (χ0v) is 18.6. The fourth-order valence-electron chi connectivity index (χ4n) is 4.29. The lowest BCUT2D eigenvalue weighted by atomic mass is 10.0. The zero-order chi connectivity index (χ0) is 22.0. The predicted octanol–water partition coefficient (Wildman–Crippen LogP) is 3.72. The van der Waals surface area contributed by atoms with Crippen LogP contribution in [0.1, 0.15) is 37.3 Å². The highest BCUT2D eigenvalue weighted by molar-refractivity contribution is 7.89. The van der Waals surface area contributed by atoms with E-state index in [-0.39, 0.29) is 22.4 Å². The highest BCUT2D eigenvalue weighted by atomic mass is 35.5. The number of halogens is 2. The van der Waals surface area contributed by atoms with E-state index in [0.29, 0.717) is 24.2 Å². The second kappa shape index (κ2) is 9.24. The Kier molecular flexibility index (Phi) is 6.62. The number of benzene rings is 2. The summed E-state index contributed by atoms with van der Waals surface area (Å²) in [7, 11) is -3.82. The minimum atomic E-state index is -3.82. The Balaban J connectivity index is 1.53. The SMILES string of the molecule is O=C1CCCN1c1ccc(S(=O)(=O)NCC(c2c(F)cccc2Cl)N2CCCC2)cc1. The second-order valence-electron chi connectivity index (χ2n) is 7.89. The highest BCUT2D eigenvalue weighted by Gasteiger charge is 2.29. The molecule has 0 radical (unpaired) electrons. The van der Waals surface area contributed by atoms with Crippen LogP contribution in [0.4, 0.5) is 10.1 Å². The number of hydrogen-bond acceptors (Lipinski definition) is 4. The molecule has 0 saturated carbocycles. The molecule has 2 aromatic rings. The van der Waals surface area contributed by atoms with E-state index >= 15 is 0 Å². The van der Waals surface area contributed by atoms with Gasteiger partial charge in [-0.1, -0.05) is 17.7 Å². The number of anilines is 1. The minimum Gasteiger partial charge on any atom is -0.312 e. The van der Waals surface area contributed by atoms with Crippen molar-refractivity contribution in [2.45, 2.75) is 36.6 Å². The molecule has 0 spiro atoms. The number of carbonyl (C=O) groups is 1. The molecule has 9 heteroatoms. The first kappa shape index (κ1) is 22.2. The van der Waals surface area contributed by atoms with E-state index in [9.17, 15) is 17.6 Å². The average Bonchev–Trinajstić information content (AvgIpc) is 3.42. The number of likely N-dealkylation sites (tertiary alicyclic amines) is 1. The summed E-state index contributed by atoms with van der Waals surface area (Å²) in [5, 5.41) is 0.288. The van der Waals surface area contributed by atoms with Gasteiger partial charge in [0.15, 0.2) is 0 Å². The Labute approximate surface area is 187 Å². The number of amides is 1. The van der Waals surface area contributed by atoms with E-state index in [4.69, 9.17) is 11.6 Å². The molecule has 1 atom stereocenters. The van der Waals surface area contributed by atoms with Gasteiger partial charge in [0, 0.05) is 35.8 Å². The summed E-state index contributed by atoms with van der Waals surface area (Å²) < 4.78 is 43.1. The fourth-order valence-corrected chi connectivity index (χ4v) is 5.62. The van der Waals surface area contributed by atoms with E-state index in [1.807, 2.05) is 0 Å². The molecule has 1 unspecified atom stereocenters. The molecule has 2 heterocycles. The van der Waals surface area contributed by atoms with E-state index in [0.717, 1.165) is 32.4 Å². The van der Waals surface area contributed by atoms with Crippen LogP contribution >= 0.6 is 11.6 Å². The number of carbonyl (C=O) groups excluding carboxylic acids is 1. The molecule has 6 nitrogen and oxygen atoms in total. The maximum absolute atomic E-state index is 14.6. The van der Waals surface area contributed by atoms with Crippen LogP contribution in [-0.2, 0) is 14.8 Å². The average molecular weight is 466 g/mol. The van der Waals surface area contributed by atoms with Gasteiger partial charge >= 0.3 is 0 Å². The van der Waals surface area contributed by atoms with Gasteiger partial charge in [-0.3, -0.25) is 9.69 Å². The lowest BCUT2D eigenvalue weighted by Crippen LogP contribution is -2.37. The summed E-state index contributed by atoms with van der Waals surface area (Å²) in [4.78, 5) is 15.7. The predicted molar refractivity (Wildman–Crippen MR) is 118 cm³/mol. The van der Waals surface area contributed by atoms with Gasteiger partial charge in [0.2, 0.25) is 15.9 Å². The van der Waals surface area contributed by atoms with Gasteiger partial charge in [-0.15, -0.1) is 0 Å². The molecule has 2 aliphatic rings. The summed E-state index contributed by atoms with van der Waals surface area (Å²) in [5.41, 5.74) is 1.01. The lowest BCUT2D eigenvalue weighted by Gasteiger charge is -2.29. The molecule has 1 amide bonds. The van der Waals surface area contributed by atoms with Crippen molar-refractivity contribution in [3.63, 3.8) is 0 Å². The third-order valence-electron chi connectivity index (χ3n) is 5.91. The summed E-state index contributed by atoms with van der Waals surface area (Å²) >= 11 is 6.29. The molecule has 31 heavy (non-hydrogen) atoms.